The number of phosphoric acid groups is 1. The van der Waals surface area contributed by atoms with Crippen LogP contribution < -0.4 is 5.32 Å². The molecule has 264 valence electrons. The van der Waals surface area contributed by atoms with Gasteiger partial charge in [0.15, 0.2) is 0 Å². The second kappa shape index (κ2) is 28.7. The lowest BCUT2D eigenvalue weighted by molar-refractivity contribution is -0.870. The second-order valence-corrected chi connectivity index (χ2v) is 15.4. The molecule has 0 saturated carbocycles. The number of carbonyl (C=O) groups excluding carboxylic acids is 1. The van der Waals surface area contributed by atoms with E-state index in [1.165, 1.54) is 103 Å². The van der Waals surface area contributed by atoms with E-state index in [1.54, 1.807) is 0 Å². The Bertz CT molecular complexity index is 703. The molecule has 0 aromatic carbocycles. The number of nitrogens with one attached hydrogen (secondary N) is 1. The van der Waals surface area contributed by atoms with Crippen molar-refractivity contribution in [3.63, 3.8) is 0 Å². The maximum Gasteiger partial charge on any atom is 0.472 e. The fourth-order valence-electron chi connectivity index (χ4n) is 5.34. The topological polar surface area (TPSA) is 105 Å². The third kappa shape index (κ3) is 30.2. The van der Waals surface area contributed by atoms with Gasteiger partial charge >= 0.3 is 7.82 Å². The van der Waals surface area contributed by atoms with Crippen LogP contribution in [0.5, 0.6) is 0 Å². The van der Waals surface area contributed by atoms with E-state index >= 15 is 0 Å². The molecule has 0 aliphatic rings. The van der Waals surface area contributed by atoms with Gasteiger partial charge in [-0.3, -0.25) is 13.8 Å². The molecule has 3 N–H and O–H groups in total. The molecule has 44 heavy (non-hydrogen) atoms. The Labute approximate surface area is 272 Å². The van der Waals surface area contributed by atoms with Crippen LogP contribution in [0.3, 0.4) is 0 Å². The molecule has 0 saturated heterocycles. The number of quaternary nitrogens is 1. The van der Waals surface area contributed by atoms with E-state index in [4.69, 9.17) is 9.05 Å². The highest BCUT2D eigenvalue weighted by Crippen LogP contribution is 2.43. The van der Waals surface area contributed by atoms with E-state index in [0.29, 0.717) is 23.9 Å². The van der Waals surface area contributed by atoms with Gasteiger partial charge in [0, 0.05) is 6.42 Å². The predicted octanol–water partition coefficient (Wildman–Crippen LogP) is 9.07. The van der Waals surface area contributed by atoms with Gasteiger partial charge in [-0.05, 0) is 12.8 Å². The van der Waals surface area contributed by atoms with Crippen molar-refractivity contribution in [2.75, 3.05) is 40.9 Å². The van der Waals surface area contributed by atoms with E-state index in [9.17, 15) is 19.4 Å². The summed E-state index contributed by atoms with van der Waals surface area (Å²) >= 11 is 0. The third-order valence-corrected chi connectivity index (χ3v) is 9.34. The van der Waals surface area contributed by atoms with Gasteiger partial charge in [0.25, 0.3) is 0 Å². The van der Waals surface area contributed by atoms with Crippen LogP contribution in [0.1, 0.15) is 168 Å². The number of likely N-dealkylation sites (N-methyl/N-ethyl adjacent to an activating group) is 1. The van der Waals surface area contributed by atoms with Crippen LogP contribution in [0, 0.1) is 0 Å². The number of carbonyl (C=O) groups is 1. The number of nitrogens with zero attached hydrogens (tertiary/aromatic N) is 1. The molecule has 0 aliphatic carbocycles. The van der Waals surface area contributed by atoms with Gasteiger partial charge in [0.2, 0.25) is 5.91 Å². The van der Waals surface area contributed by atoms with Crippen LogP contribution in [0.2, 0.25) is 0 Å². The number of aliphatic hydroxyl groups is 1. The summed E-state index contributed by atoms with van der Waals surface area (Å²) in [5.41, 5.74) is 0. The smallest absolute Gasteiger partial charge is 0.391 e. The number of amides is 1. The van der Waals surface area contributed by atoms with Gasteiger partial charge in [-0.2, -0.15) is 0 Å². The largest absolute Gasteiger partial charge is 0.472 e. The highest BCUT2D eigenvalue weighted by molar-refractivity contribution is 7.47. The zero-order valence-electron chi connectivity index (χ0n) is 29.7. The Balaban J connectivity index is 4.39. The van der Waals surface area contributed by atoms with Crippen molar-refractivity contribution in [2.24, 2.45) is 0 Å². The molecular weight excluding hydrogens is 575 g/mol. The highest BCUT2D eigenvalue weighted by Gasteiger charge is 2.28. The van der Waals surface area contributed by atoms with Crippen molar-refractivity contribution in [1.82, 2.24) is 5.32 Å². The standard InChI is InChI=1S/C35H73N2O6P/c1-6-8-10-12-14-15-16-17-18-19-20-21-23-24-26-28-34(38)33(32-43-44(40,41)42-31-30-37(3,4)5)36-35(39)29-27-25-22-13-11-9-7-2/h33-34,38H,6-32H2,1-5H3,(H-,36,39,40,41)/p+1/t33-,34+/m1/s1. The summed E-state index contributed by atoms with van der Waals surface area (Å²) in [5, 5.41) is 13.8. The molecule has 0 spiro atoms. The summed E-state index contributed by atoms with van der Waals surface area (Å²) < 4.78 is 23.4. The van der Waals surface area contributed by atoms with Crippen molar-refractivity contribution >= 4 is 13.7 Å². The fraction of sp³-hybridized carbons (Fsp3) is 0.971. The minimum absolute atomic E-state index is 0.0776. The SMILES string of the molecule is CCCCCCCCCCCCCCCCC[C@H](O)[C@@H](COP(=O)(O)OCC[N+](C)(C)C)NC(=O)CCCCCCCCC. The lowest BCUT2D eigenvalue weighted by Gasteiger charge is -2.26. The monoisotopic (exact) mass is 650 g/mol. The summed E-state index contributed by atoms with van der Waals surface area (Å²) in [6, 6.07) is -0.749. The molecule has 0 aliphatic heterocycles. The van der Waals surface area contributed by atoms with Crippen LogP contribution >= 0.6 is 7.82 Å². The van der Waals surface area contributed by atoms with Crippen LogP contribution in [-0.4, -0.2) is 73.4 Å². The van der Waals surface area contributed by atoms with E-state index in [0.717, 1.165) is 38.5 Å². The first kappa shape index (κ1) is 43.5. The average Bonchev–Trinajstić information content (AvgIpc) is 2.95. The molecule has 0 aromatic rings. The predicted molar refractivity (Wildman–Crippen MR) is 185 cm³/mol. The lowest BCUT2D eigenvalue weighted by Crippen LogP contribution is -2.46. The van der Waals surface area contributed by atoms with E-state index in [1.807, 2.05) is 21.1 Å². The summed E-state index contributed by atoms with van der Waals surface area (Å²) in [5.74, 6) is -0.151. The van der Waals surface area contributed by atoms with Crippen molar-refractivity contribution in [3.8, 4) is 0 Å². The number of unbranched alkanes of at least 4 members (excludes halogenated alkanes) is 20. The molecule has 9 heteroatoms. The first-order valence-corrected chi connectivity index (χ1v) is 19.9. The summed E-state index contributed by atoms with van der Waals surface area (Å²) in [6.07, 6.45) is 27.0. The number of hydrogen-bond acceptors (Lipinski definition) is 5. The van der Waals surface area contributed by atoms with E-state index < -0.39 is 20.0 Å². The Hall–Kier alpha value is -0.500. The first-order valence-electron chi connectivity index (χ1n) is 18.4. The Morgan fingerprint density at radius 1 is 0.682 bits per heavy atom. The lowest BCUT2D eigenvalue weighted by atomic mass is 10.0. The van der Waals surface area contributed by atoms with Gasteiger partial charge in [-0.25, -0.2) is 4.57 Å². The molecule has 0 fully saturated rings. The highest BCUT2D eigenvalue weighted by atomic mass is 31.2. The Kier molecular flexibility index (Phi) is 28.4. The number of aliphatic hydroxyl groups excluding tert-OH is 1. The number of rotatable bonds is 33. The van der Waals surface area contributed by atoms with Crippen molar-refractivity contribution in [1.29, 1.82) is 0 Å². The van der Waals surface area contributed by atoms with Gasteiger partial charge in [0.05, 0.1) is 39.9 Å². The van der Waals surface area contributed by atoms with Crippen LogP contribution in [-0.2, 0) is 18.4 Å². The second-order valence-electron chi connectivity index (χ2n) is 14.0. The molecule has 0 heterocycles. The maximum atomic E-state index is 12.7. The Morgan fingerprint density at radius 3 is 1.52 bits per heavy atom. The normalized spacial score (nSPS) is 14.8. The third-order valence-electron chi connectivity index (χ3n) is 8.36. The van der Waals surface area contributed by atoms with Crippen LogP contribution in [0.15, 0.2) is 0 Å². The van der Waals surface area contributed by atoms with E-state index in [2.05, 4.69) is 19.2 Å². The first-order chi connectivity index (χ1) is 21.0. The van der Waals surface area contributed by atoms with Crippen LogP contribution in [0.4, 0.5) is 0 Å². The maximum absolute atomic E-state index is 12.7. The molecule has 0 rings (SSSR count). The van der Waals surface area contributed by atoms with E-state index in [-0.39, 0.29) is 19.1 Å². The molecule has 0 radical (unpaired) electrons. The molecule has 8 nitrogen and oxygen atoms in total. The minimum atomic E-state index is -4.29. The van der Waals surface area contributed by atoms with Crippen molar-refractivity contribution < 1.29 is 32.9 Å². The quantitative estimate of drug-likeness (QED) is 0.0372. The summed E-state index contributed by atoms with van der Waals surface area (Å²) in [4.78, 5) is 22.8. The fourth-order valence-corrected chi connectivity index (χ4v) is 6.07. The van der Waals surface area contributed by atoms with Crippen LogP contribution in [0.25, 0.3) is 0 Å². The molecule has 1 unspecified atom stereocenters. The average molecular weight is 650 g/mol. The molecular formula is C35H74N2O6P+. The number of phosphoric ester groups is 1. The Morgan fingerprint density at radius 2 is 1.09 bits per heavy atom. The zero-order valence-corrected chi connectivity index (χ0v) is 30.6. The molecule has 0 aromatic heterocycles. The van der Waals surface area contributed by atoms with Gasteiger partial charge in [-0.15, -0.1) is 0 Å². The van der Waals surface area contributed by atoms with Crippen molar-refractivity contribution in [3.05, 3.63) is 0 Å². The summed E-state index contributed by atoms with van der Waals surface area (Å²) in [7, 11) is 1.62. The van der Waals surface area contributed by atoms with Crippen molar-refractivity contribution in [2.45, 2.75) is 180 Å². The van der Waals surface area contributed by atoms with Gasteiger partial charge in [-0.1, -0.05) is 149 Å². The van der Waals surface area contributed by atoms with Gasteiger partial charge < -0.3 is 19.8 Å². The molecule has 1 amide bonds. The minimum Gasteiger partial charge on any atom is -0.391 e. The molecule has 3 atom stereocenters. The number of hydrogen-bond donors (Lipinski definition) is 3. The summed E-state index contributed by atoms with van der Waals surface area (Å²) in [6.45, 7) is 4.83. The zero-order chi connectivity index (χ0) is 32.9. The van der Waals surface area contributed by atoms with Gasteiger partial charge in [0.1, 0.15) is 13.2 Å². The molecule has 0 bridgehead atoms.